The highest BCUT2D eigenvalue weighted by Crippen LogP contribution is 2.30. The maximum atomic E-state index is 12.5. The summed E-state index contributed by atoms with van der Waals surface area (Å²) in [6.07, 6.45) is -3.18. The van der Waals surface area contributed by atoms with Crippen molar-refractivity contribution in [2.24, 2.45) is 0 Å². The monoisotopic (exact) mass is 420 g/mol. The molecular weight excluding hydrogens is 405 g/mol. The number of alkyl halides is 3. The molecule has 0 bridgehead atoms. The number of nitrogens with zero attached hydrogens (tertiary/aromatic N) is 3. The maximum absolute atomic E-state index is 12.5. The fraction of sp³-hybridized carbons (Fsp3) is 0.158. The topological polar surface area (TPSA) is 60.7 Å². The van der Waals surface area contributed by atoms with Gasteiger partial charge < -0.3 is 14.8 Å². The highest BCUT2D eigenvalue weighted by molar-refractivity contribution is 7.20. The lowest BCUT2D eigenvalue weighted by atomic mass is 10.1. The van der Waals surface area contributed by atoms with Gasteiger partial charge in [0, 0.05) is 5.56 Å². The molecule has 0 saturated carbocycles. The standard InChI is InChI=1S/C19H15F3N4O2S/c20-19(21,22)28-15-8-4-5-13(11-15)16-12-24-18-26(16)25-17(29-18)23-9-10-27-14-6-2-1-3-7-14/h1-8,11-12H,9-10H2,(H,23,25). The van der Waals surface area contributed by atoms with E-state index in [0.29, 0.717) is 34.5 Å². The first-order chi connectivity index (χ1) is 14.0. The van der Waals surface area contributed by atoms with Gasteiger partial charge in [-0.15, -0.1) is 18.3 Å². The molecule has 2 aromatic heterocycles. The van der Waals surface area contributed by atoms with Gasteiger partial charge in [0.15, 0.2) is 0 Å². The molecule has 4 aromatic rings. The summed E-state index contributed by atoms with van der Waals surface area (Å²) < 4.78 is 48.6. The van der Waals surface area contributed by atoms with E-state index in [1.54, 1.807) is 16.8 Å². The van der Waals surface area contributed by atoms with Crippen LogP contribution in [-0.2, 0) is 0 Å². The Kier molecular flexibility index (Phi) is 5.26. The van der Waals surface area contributed by atoms with Crippen molar-refractivity contribution in [3.8, 4) is 22.8 Å². The van der Waals surface area contributed by atoms with E-state index in [-0.39, 0.29) is 5.75 Å². The lowest BCUT2D eigenvalue weighted by Crippen LogP contribution is -2.17. The zero-order valence-corrected chi connectivity index (χ0v) is 15.7. The van der Waals surface area contributed by atoms with Crippen molar-refractivity contribution in [3.05, 3.63) is 60.8 Å². The Bertz CT molecular complexity index is 1100. The van der Waals surface area contributed by atoms with Crippen LogP contribution in [0, 0.1) is 0 Å². The average Bonchev–Trinajstić information content (AvgIpc) is 3.25. The highest BCUT2D eigenvalue weighted by atomic mass is 32.1. The number of imidazole rings is 1. The van der Waals surface area contributed by atoms with E-state index in [0.717, 1.165) is 5.75 Å². The minimum Gasteiger partial charge on any atom is -0.492 e. The van der Waals surface area contributed by atoms with Crippen LogP contribution < -0.4 is 14.8 Å². The summed E-state index contributed by atoms with van der Waals surface area (Å²) in [5.41, 5.74) is 1.08. The van der Waals surface area contributed by atoms with Crippen LogP contribution in [0.15, 0.2) is 60.8 Å². The van der Waals surface area contributed by atoms with Crippen molar-refractivity contribution in [2.45, 2.75) is 6.36 Å². The third-order valence-electron chi connectivity index (χ3n) is 3.84. The van der Waals surface area contributed by atoms with Gasteiger partial charge in [-0.2, -0.15) is 0 Å². The summed E-state index contributed by atoms with van der Waals surface area (Å²) in [7, 11) is 0. The Labute approximate surface area is 167 Å². The van der Waals surface area contributed by atoms with Crippen LogP contribution in [-0.4, -0.2) is 34.1 Å². The zero-order valence-electron chi connectivity index (χ0n) is 14.9. The molecule has 0 saturated heterocycles. The molecule has 0 fully saturated rings. The van der Waals surface area contributed by atoms with Crippen LogP contribution in [0.2, 0.25) is 0 Å². The fourth-order valence-corrected chi connectivity index (χ4v) is 3.46. The Morgan fingerprint density at radius 1 is 1.03 bits per heavy atom. The molecule has 2 heterocycles. The maximum Gasteiger partial charge on any atom is 0.573 e. The predicted octanol–water partition coefficient (Wildman–Crippen LogP) is 4.85. The van der Waals surface area contributed by atoms with Crippen molar-refractivity contribution >= 4 is 21.4 Å². The normalized spacial score (nSPS) is 11.6. The molecule has 0 atom stereocenters. The third-order valence-corrected chi connectivity index (χ3v) is 4.72. The van der Waals surface area contributed by atoms with E-state index < -0.39 is 6.36 Å². The molecule has 2 aromatic carbocycles. The van der Waals surface area contributed by atoms with Gasteiger partial charge in [0.05, 0.1) is 18.4 Å². The molecule has 0 aliphatic heterocycles. The average molecular weight is 420 g/mol. The number of hydrogen-bond donors (Lipinski definition) is 1. The molecule has 6 nitrogen and oxygen atoms in total. The first kappa shape index (κ1) is 19.1. The third kappa shape index (κ3) is 4.77. The second kappa shape index (κ2) is 8.00. The van der Waals surface area contributed by atoms with Crippen LogP contribution in [0.25, 0.3) is 16.2 Å². The molecule has 0 aliphatic carbocycles. The number of anilines is 1. The van der Waals surface area contributed by atoms with Crippen molar-refractivity contribution in [1.82, 2.24) is 14.6 Å². The van der Waals surface area contributed by atoms with Crippen molar-refractivity contribution in [1.29, 1.82) is 0 Å². The second-order valence-corrected chi connectivity index (χ2v) is 6.86. The van der Waals surface area contributed by atoms with Crippen molar-refractivity contribution < 1.29 is 22.6 Å². The lowest BCUT2D eigenvalue weighted by Gasteiger charge is -2.09. The van der Waals surface area contributed by atoms with E-state index >= 15 is 0 Å². The van der Waals surface area contributed by atoms with Crippen molar-refractivity contribution in [2.75, 3.05) is 18.5 Å². The van der Waals surface area contributed by atoms with Crippen LogP contribution in [0.3, 0.4) is 0 Å². The first-order valence-corrected chi connectivity index (χ1v) is 9.42. The van der Waals surface area contributed by atoms with E-state index in [9.17, 15) is 13.2 Å². The fourth-order valence-electron chi connectivity index (χ4n) is 2.66. The number of fused-ring (bicyclic) bond motifs is 1. The molecule has 0 aliphatic rings. The quantitative estimate of drug-likeness (QED) is 0.433. The minimum atomic E-state index is -4.75. The SMILES string of the molecule is FC(F)(F)Oc1cccc(-c2cnc3sc(NCCOc4ccccc4)nn23)c1. The molecule has 0 spiro atoms. The molecular formula is C19H15F3N4O2S. The summed E-state index contributed by atoms with van der Waals surface area (Å²) in [6.45, 7) is 0.991. The molecule has 1 N–H and O–H groups in total. The Morgan fingerprint density at radius 2 is 1.83 bits per heavy atom. The summed E-state index contributed by atoms with van der Waals surface area (Å²) >= 11 is 1.34. The molecule has 4 rings (SSSR count). The molecule has 10 heteroatoms. The zero-order chi connectivity index (χ0) is 20.3. The first-order valence-electron chi connectivity index (χ1n) is 8.60. The lowest BCUT2D eigenvalue weighted by molar-refractivity contribution is -0.274. The Morgan fingerprint density at radius 3 is 2.62 bits per heavy atom. The summed E-state index contributed by atoms with van der Waals surface area (Å²) in [6, 6.07) is 15.2. The summed E-state index contributed by atoms with van der Waals surface area (Å²) in [5, 5.41) is 8.23. The highest BCUT2D eigenvalue weighted by Gasteiger charge is 2.31. The van der Waals surface area contributed by atoms with Gasteiger partial charge in [0.1, 0.15) is 18.1 Å². The summed E-state index contributed by atoms with van der Waals surface area (Å²) in [4.78, 5) is 4.90. The van der Waals surface area contributed by atoms with E-state index in [2.05, 4.69) is 20.1 Å². The van der Waals surface area contributed by atoms with Crippen LogP contribution in [0.1, 0.15) is 0 Å². The van der Waals surface area contributed by atoms with Crippen LogP contribution in [0.5, 0.6) is 11.5 Å². The second-order valence-electron chi connectivity index (χ2n) is 5.91. The molecule has 29 heavy (non-hydrogen) atoms. The molecule has 0 unspecified atom stereocenters. The Hall–Kier alpha value is -3.27. The number of hydrogen-bond acceptors (Lipinski definition) is 6. The van der Waals surface area contributed by atoms with Crippen molar-refractivity contribution in [3.63, 3.8) is 0 Å². The number of benzene rings is 2. The van der Waals surface area contributed by atoms with Gasteiger partial charge in [-0.3, -0.25) is 0 Å². The summed E-state index contributed by atoms with van der Waals surface area (Å²) in [5.74, 6) is 0.489. The van der Waals surface area contributed by atoms with Gasteiger partial charge in [-0.1, -0.05) is 41.7 Å². The van der Waals surface area contributed by atoms with Crippen LogP contribution >= 0.6 is 11.3 Å². The largest absolute Gasteiger partial charge is 0.573 e. The van der Waals surface area contributed by atoms with Gasteiger partial charge in [0.2, 0.25) is 10.1 Å². The number of ether oxygens (including phenoxy) is 2. The van der Waals surface area contributed by atoms with Gasteiger partial charge in [-0.25, -0.2) is 9.50 Å². The number of para-hydroxylation sites is 1. The number of rotatable bonds is 7. The number of aromatic nitrogens is 3. The number of nitrogens with one attached hydrogen (secondary N) is 1. The van der Waals surface area contributed by atoms with E-state index in [1.165, 1.54) is 29.5 Å². The minimum absolute atomic E-state index is 0.295. The predicted molar refractivity (Wildman–Crippen MR) is 103 cm³/mol. The molecule has 150 valence electrons. The molecule has 0 radical (unpaired) electrons. The number of halogens is 3. The van der Waals surface area contributed by atoms with E-state index in [4.69, 9.17) is 4.74 Å². The van der Waals surface area contributed by atoms with E-state index in [1.807, 2.05) is 30.3 Å². The van der Waals surface area contributed by atoms with Crippen LogP contribution in [0.4, 0.5) is 18.3 Å². The Balaban J connectivity index is 1.44. The van der Waals surface area contributed by atoms with Gasteiger partial charge in [0.25, 0.3) is 0 Å². The molecule has 0 amide bonds. The smallest absolute Gasteiger partial charge is 0.492 e. The van der Waals surface area contributed by atoms with Gasteiger partial charge >= 0.3 is 6.36 Å². The van der Waals surface area contributed by atoms with Gasteiger partial charge in [-0.05, 0) is 24.3 Å².